The summed E-state index contributed by atoms with van der Waals surface area (Å²) in [6.45, 7) is 2.97. The Morgan fingerprint density at radius 1 is 1.33 bits per heavy atom. The highest BCUT2D eigenvalue weighted by molar-refractivity contribution is 5.58. The first kappa shape index (κ1) is 10.7. The summed E-state index contributed by atoms with van der Waals surface area (Å²) < 4.78 is 12.0. The Morgan fingerprint density at radius 2 is 2.11 bits per heavy atom. The summed E-state index contributed by atoms with van der Waals surface area (Å²) in [5.74, 6) is 2.12. The maximum atomic E-state index is 6.21. The fourth-order valence-corrected chi connectivity index (χ4v) is 3.15. The van der Waals surface area contributed by atoms with Crippen molar-refractivity contribution in [3.05, 3.63) is 23.3 Å². The highest BCUT2D eigenvalue weighted by Crippen LogP contribution is 2.59. The SMILES string of the molecule is Cc1ccc2c(c1OC1CC(N)C1)C1(CC1)CO2. The Morgan fingerprint density at radius 3 is 2.78 bits per heavy atom. The predicted molar refractivity (Wildman–Crippen MR) is 69.2 cm³/mol. The predicted octanol–water partition coefficient (Wildman–Crippen LogP) is 2.29. The number of nitrogens with two attached hydrogens (primary N) is 1. The zero-order valence-electron chi connectivity index (χ0n) is 10.7. The van der Waals surface area contributed by atoms with Gasteiger partial charge in [-0.25, -0.2) is 0 Å². The maximum absolute atomic E-state index is 6.21. The number of benzene rings is 1. The highest BCUT2D eigenvalue weighted by Gasteiger charge is 2.53. The molecule has 1 aromatic carbocycles. The van der Waals surface area contributed by atoms with Crippen LogP contribution in [0.2, 0.25) is 0 Å². The molecule has 2 fully saturated rings. The number of hydrogen-bond acceptors (Lipinski definition) is 3. The van der Waals surface area contributed by atoms with Crippen molar-refractivity contribution in [2.75, 3.05) is 6.61 Å². The van der Waals surface area contributed by atoms with E-state index in [1.54, 1.807) is 0 Å². The van der Waals surface area contributed by atoms with Gasteiger partial charge in [-0.1, -0.05) is 6.07 Å². The fourth-order valence-electron chi connectivity index (χ4n) is 3.15. The van der Waals surface area contributed by atoms with Crippen LogP contribution in [0.3, 0.4) is 0 Å². The number of aryl methyl sites for hydroxylation is 1. The smallest absolute Gasteiger partial charge is 0.130 e. The minimum Gasteiger partial charge on any atom is -0.492 e. The minimum atomic E-state index is 0.280. The van der Waals surface area contributed by atoms with Crippen LogP contribution in [0.15, 0.2) is 12.1 Å². The van der Waals surface area contributed by atoms with Crippen molar-refractivity contribution < 1.29 is 9.47 Å². The lowest BCUT2D eigenvalue weighted by Crippen LogP contribution is -2.43. The van der Waals surface area contributed by atoms with Crippen LogP contribution in [0.5, 0.6) is 11.5 Å². The second kappa shape index (κ2) is 3.41. The van der Waals surface area contributed by atoms with Crippen LogP contribution in [0.4, 0.5) is 0 Å². The second-order valence-corrected chi connectivity index (χ2v) is 6.13. The lowest BCUT2D eigenvalue weighted by Gasteiger charge is -2.34. The third kappa shape index (κ3) is 1.40. The van der Waals surface area contributed by atoms with Gasteiger partial charge in [-0.15, -0.1) is 0 Å². The molecule has 1 spiro atoms. The molecule has 0 aromatic heterocycles. The average molecular weight is 245 g/mol. The van der Waals surface area contributed by atoms with Crippen molar-refractivity contribution in [3.63, 3.8) is 0 Å². The van der Waals surface area contributed by atoms with Crippen LogP contribution in [0.1, 0.15) is 36.8 Å². The van der Waals surface area contributed by atoms with Gasteiger partial charge >= 0.3 is 0 Å². The van der Waals surface area contributed by atoms with Crippen LogP contribution < -0.4 is 15.2 Å². The molecule has 2 saturated carbocycles. The maximum Gasteiger partial charge on any atom is 0.130 e. The van der Waals surface area contributed by atoms with E-state index in [-0.39, 0.29) is 5.41 Å². The zero-order chi connectivity index (χ0) is 12.3. The molecule has 1 heterocycles. The summed E-state index contributed by atoms with van der Waals surface area (Å²) in [7, 11) is 0. The van der Waals surface area contributed by atoms with Crippen molar-refractivity contribution in [1.82, 2.24) is 0 Å². The van der Waals surface area contributed by atoms with Crippen LogP contribution in [0.25, 0.3) is 0 Å². The topological polar surface area (TPSA) is 44.5 Å². The Kier molecular flexibility index (Phi) is 2.03. The third-order valence-electron chi connectivity index (χ3n) is 4.62. The fraction of sp³-hybridized carbons (Fsp3) is 0.600. The lowest BCUT2D eigenvalue weighted by molar-refractivity contribution is 0.0986. The summed E-state index contributed by atoms with van der Waals surface area (Å²) in [5.41, 5.74) is 8.68. The molecule has 18 heavy (non-hydrogen) atoms. The quantitative estimate of drug-likeness (QED) is 0.869. The lowest BCUT2D eigenvalue weighted by atomic mass is 9.89. The van der Waals surface area contributed by atoms with Gasteiger partial charge in [-0.3, -0.25) is 0 Å². The van der Waals surface area contributed by atoms with Crippen molar-refractivity contribution >= 4 is 0 Å². The molecule has 4 rings (SSSR count). The molecule has 1 aromatic rings. The molecular weight excluding hydrogens is 226 g/mol. The van der Waals surface area contributed by atoms with Gasteiger partial charge in [-0.2, -0.15) is 0 Å². The van der Waals surface area contributed by atoms with Gasteiger partial charge in [0, 0.05) is 17.0 Å². The first-order valence-corrected chi connectivity index (χ1v) is 6.87. The van der Waals surface area contributed by atoms with Gasteiger partial charge in [0.2, 0.25) is 0 Å². The van der Waals surface area contributed by atoms with Gasteiger partial charge in [0.05, 0.1) is 6.61 Å². The molecule has 0 atom stereocenters. The van der Waals surface area contributed by atoms with E-state index in [1.165, 1.54) is 24.0 Å². The number of ether oxygens (including phenoxy) is 2. The molecule has 3 aliphatic rings. The van der Waals surface area contributed by atoms with Crippen molar-refractivity contribution in [2.45, 2.75) is 50.2 Å². The Hall–Kier alpha value is -1.22. The molecule has 0 radical (unpaired) electrons. The Bertz CT molecular complexity index is 501. The summed E-state index contributed by atoms with van der Waals surface area (Å²) in [4.78, 5) is 0. The van der Waals surface area contributed by atoms with Crippen LogP contribution >= 0.6 is 0 Å². The molecule has 2 aliphatic carbocycles. The van der Waals surface area contributed by atoms with Crippen molar-refractivity contribution in [2.24, 2.45) is 5.73 Å². The molecule has 0 unspecified atom stereocenters. The van der Waals surface area contributed by atoms with E-state index < -0.39 is 0 Å². The van der Waals surface area contributed by atoms with Gasteiger partial charge in [0.25, 0.3) is 0 Å². The van der Waals surface area contributed by atoms with E-state index in [9.17, 15) is 0 Å². The highest BCUT2D eigenvalue weighted by atomic mass is 16.5. The molecule has 3 heteroatoms. The van der Waals surface area contributed by atoms with E-state index in [0.29, 0.717) is 12.1 Å². The van der Waals surface area contributed by atoms with E-state index in [4.69, 9.17) is 15.2 Å². The standard InChI is InChI=1S/C15H19NO2/c1-9-2-3-12-13(15(4-5-15)8-17-12)14(9)18-11-6-10(16)7-11/h2-3,10-11H,4-8,16H2,1H3. The van der Waals surface area contributed by atoms with Crippen molar-refractivity contribution in [3.8, 4) is 11.5 Å². The zero-order valence-corrected chi connectivity index (χ0v) is 10.7. The van der Waals surface area contributed by atoms with E-state index in [2.05, 4.69) is 19.1 Å². The van der Waals surface area contributed by atoms with Gasteiger partial charge < -0.3 is 15.2 Å². The third-order valence-corrected chi connectivity index (χ3v) is 4.62. The van der Waals surface area contributed by atoms with Gasteiger partial charge in [-0.05, 0) is 44.2 Å². The van der Waals surface area contributed by atoms with E-state index >= 15 is 0 Å². The van der Waals surface area contributed by atoms with Crippen LogP contribution in [-0.2, 0) is 5.41 Å². The summed E-state index contributed by atoms with van der Waals surface area (Å²) >= 11 is 0. The monoisotopic (exact) mass is 245 g/mol. The number of hydrogen-bond donors (Lipinski definition) is 1. The first-order chi connectivity index (χ1) is 8.68. The minimum absolute atomic E-state index is 0.280. The largest absolute Gasteiger partial charge is 0.492 e. The Labute approximate surface area is 107 Å². The summed E-state index contributed by atoms with van der Waals surface area (Å²) in [6, 6.07) is 4.53. The summed E-state index contributed by atoms with van der Waals surface area (Å²) in [5, 5.41) is 0. The van der Waals surface area contributed by atoms with E-state index in [1.807, 2.05) is 0 Å². The van der Waals surface area contributed by atoms with Crippen molar-refractivity contribution in [1.29, 1.82) is 0 Å². The summed E-state index contributed by atoms with van der Waals surface area (Å²) in [6.07, 6.45) is 4.75. The number of fused-ring (bicyclic) bond motifs is 2. The van der Waals surface area contributed by atoms with E-state index in [0.717, 1.165) is 30.9 Å². The van der Waals surface area contributed by atoms with Crippen LogP contribution in [-0.4, -0.2) is 18.8 Å². The first-order valence-electron chi connectivity index (χ1n) is 6.87. The number of rotatable bonds is 2. The average Bonchev–Trinajstić information content (AvgIpc) is 2.98. The molecule has 0 amide bonds. The molecule has 1 aliphatic heterocycles. The van der Waals surface area contributed by atoms with Gasteiger partial charge in [0.1, 0.15) is 17.6 Å². The van der Waals surface area contributed by atoms with Crippen LogP contribution in [0, 0.1) is 6.92 Å². The second-order valence-electron chi connectivity index (χ2n) is 6.13. The van der Waals surface area contributed by atoms with Gasteiger partial charge in [0.15, 0.2) is 0 Å². The molecular formula is C15H19NO2. The molecule has 96 valence electrons. The molecule has 0 saturated heterocycles. The molecule has 3 nitrogen and oxygen atoms in total. The normalized spacial score (nSPS) is 30.6. The molecule has 0 bridgehead atoms. The molecule has 2 N–H and O–H groups in total. The Balaban J connectivity index is 1.71.